The molecule has 1 aromatic carbocycles. The van der Waals surface area contributed by atoms with Crippen molar-refractivity contribution in [2.75, 3.05) is 5.32 Å². The second kappa shape index (κ2) is 6.31. The van der Waals surface area contributed by atoms with E-state index in [0.29, 0.717) is 5.82 Å². The Morgan fingerprint density at radius 1 is 1.17 bits per heavy atom. The van der Waals surface area contributed by atoms with Gasteiger partial charge in [0.15, 0.2) is 0 Å². The maximum absolute atomic E-state index is 12.5. The number of hydrogen-bond acceptors (Lipinski definition) is 3. The molecule has 1 N–H and O–H groups in total. The molecule has 3 aromatic rings. The monoisotopic (exact) mass is 323 g/mol. The van der Waals surface area contributed by atoms with Crippen molar-refractivity contribution in [3.63, 3.8) is 0 Å². The van der Waals surface area contributed by atoms with Crippen molar-refractivity contribution in [1.29, 1.82) is 0 Å². The number of carbonyl (C=O) groups excluding carboxylic acids is 1. The number of imidazole rings is 1. The van der Waals surface area contributed by atoms with Gasteiger partial charge < -0.3 is 9.88 Å². The molecule has 2 aromatic heterocycles. The van der Waals surface area contributed by atoms with Crippen molar-refractivity contribution >= 4 is 11.7 Å². The van der Waals surface area contributed by atoms with Crippen LogP contribution < -0.4 is 5.32 Å². The van der Waals surface area contributed by atoms with Crippen LogP contribution in [0.2, 0.25) is 0 Å². The lowest BCUT2D eigenvalue weighted by molar-refractivity contribution is -0.115. The average Bonchev–Trinajstić information content (AvgIpc) is 3.01. The molecule has 0 spiro atoms. The zero-order chi connectivity index (χ0) is 17.3. The van der Waals surface area contributed by atoms with E-state index in [9.17, 15) is 4.79 Å². The van der Waals surface area contributed by atoms with E-state index in [4.69, 9.17) is 0 Å². The summed E-state index contributed by atoms with van der Waals surface area (Å²) < 4.78 is 3.62. The number of aryl methyl sites for hydroxylation is 3. The summed E-state index contributed by atoms with van der Waals surface area (Å²) in [5, 5.41) is 7.28. The molecule has 0 aliphatic rings. The zero-order valence-electron chi connectivity index (χ0n) is 14.4. The number of hydrogen-bond donors (Lipinski definition) is 1. The van der Waals surface area contributed by atoms with Crippen molar-refractivity contribution in [3.8, 4) is 11.3 Å². The first-order valence-electron chi connectivity index (χ1n) is 7.83. The quantitative estimate of drug-likeness (QED) is 0.803. The van der Waals surface area contributed by atoms with Crippen molar-refractivity contribution in [3.05, 3.63) is 53.6 Å². The van der Waals surface area contributed by atoms with Gasteiger partial charge in [0.2, 0.25) is 5.91 Å². The summed E-state index contributed by atoms with van der Waals surface area (Å²) in [4.78, 5) is 17.1. The molecule has 0 radical (unpaired) electrons. The lowest BCUT2D eigenvalue weighted by atomic mass is 10.1. The third kappa shape index (κ3) is 3.08. The maximum Gasteiger partial charge on any atom is 0.230 e. The highest BCUT2D eigenvalue weighted by Crippen LogP contribution is 2.27. The van der Waals surface area contributed by atoms with Crippen molar-refractivity contribution < 1.29 is 4.79 Å². The topological polar surface area (TPSA) is 64.7 Å². The molecule has 1 amide bonds. The van der Waals surface area contributed by atoms with Gasteiger partial charge in [0.25, 0.3) is 0 Å². The summed E-state index contributed by atoms with van der Waals surface area (Å²) in [6.45, 7) is 3.83. The smallest absolute Gasteiger partial charge is 0.230 e. The van der Waals surface area contributed by atoms with Gasteiger partial charge in [-0.2, -0.15) is 5.10 Å². The molecule has 0 saturated heterocycles. The molecule has 6 nitrogen and oxygen atoms in total. The molecule has 124 valence electrons. The average molecular weight is 323 g/mol. The molecule has 0 aliphatic carbocycles. The highest BCUT2D eigenvalue weighted by Gasteiger charge is 2.17. The predicted molar refractivity (Wildman–Crippen MR) is 93.7 cm³/mol. The lowest BCUT2D eigenvalue weighted by Crippen LogP contribution is -2.17. The molecule has 0 aliphatic heterocycles. The Balaban J connectivity index is 1.87. The molecular formula is C18H21N5O. The van der Waals surface area contributed by atoms with E-state index in [0.717, 1.165) is 28.3 Å². The number of rotatable bonds is 4. The van der Waals surface area contributed by atoms with Gasteiger partial charge in [-0.25, -0.2) is 4.98 Å². The number of benzene rings is 1. The number of nitrogens with zero attached hydrogens (tertiary/aromatic N) is 4. The summed E-state index contributed by atoms with van der Waals surface area (Å²) in [7, 11) is 3.76. The van der Waals surface area contributed by atoms with E-state index in [1.807, 2.05) is 69.0 Å². The first kappa shape index (κ1) is 16.0. The fourth-order valence-electron chi connectivity index (χ4n) is 2.72. The van der Waals surface area contributed by atoms with Crippen LogP contribution in [-0.2, 0) is 25.3 Å². The van der Waals surface area contributed by atoms with Crippen LogP contribution in [0.1, 0.15) is 17.1 Å². The van der Waals surface area contributed by atoms with Gasteiger partial charge in [-0.1, -0.05) is 30.3 Å². The van der Waals surface area contributed by atoms with Gasteiger partial charge in [0.1, 0.15) is 17.3 Å². The molecule has 6 heteroatoms. The summed E-state index contributed by atoms with van der Waals surface area (Å²) >= 11 is 0. The van der Waals surface area contributed by atoms with Crippen molar-refractivity contribution in [1.82, 2.24) is 19.3 Å². The standard InChI is InChI=1S/C18H21N5O/c1-12-15(11-22(3)21-12)10-16(24)20-18-17(19-13(2)23(18)4)14-8-6-5-7-9-14/h5-9,11H,10H2,1-4H3,(H,20,24). The fraction of sp³-hybridized carbons (Fsp3) is 0.278. The van der Waals surface area contributed by atoms with E-state index in [1.54, 1.807) is 4.68 Å². The van der Waals surface area contributed by atoms with Crippen LogP contribution in [0.5, 0.6) is 0 Å². The third-order valence-electron chi connectivity index (χ3n) is 4.09. The number of nitrogens with one attached hydrogen (secondary N) is 1. The minimum Gasteiger partial charge on any atom is -0.318 e. The zero-order valence-corrected chi connectivity index (χ0v) is 14.4. The molecule has 0 fully saturated rings. The van der Waals surface area contributed by atoms with Gasteiger partial charge in [0.05, 0.1) is 12.1 Å². The highest BCUT2D eigenvalue weighted by atomic mass is 16.1. The Labute approximate surface area is 141 Å². The molecule has 0 bridgehead atoms. The number of anilines is 1. The van der Waals surface area contributed by atoms with Crippen LogP contribution in [-0.4, -0.2) is 25.2 Å². The van der Waals surface area contributed by atoms with E-state index < -0.39 is 0 Å². The molecule has 3 rings (SSSR count). The molecule has 0 unspecified atom stereocenters. The molecule has 2 heterocycles. The number of aromatic nitrogens is 4. The lowest BCUT2D eigenvalue weighted by Gasteiger charge is -2.09. The SMILES string of the molecule is Cc1nn(C)cc1CC(=O)Nc1c(-c2ccccc2)nc(C)n1C. The van der Waals surface area contributed by atoms with Gasteiger partial charge in [-0.05, 0) is 13.8 Å². The molecule has 0 saturated carbocycles. The van der Waals surface area contributed by atoms with E-state index in [1.165, 1.54) is 0 Å². The second-order valence-electron chi connectivity index (χ2n) is 5.92. The van der Waals surface area contributed by atoms with Crippen molar-refractivity contribution in [2.45, 2.75) is 20.3 Å². The van der Waals surface area contributed by atoms with E-state index >= 15 is 0 Å². The number of amides is 1. The van der Waals surface area contributed by atoms with Crippen LogP contribution in [0.3, 0.4) is 0 Å². The predicted octanol–water partition coefficient (Wildman–Crippen LogP) is 2.62. The van der Waals surface area contributed by atoms with Gasteiger partial charge in [-0.15, -0.1) is 0 Å². The van der Waals surface area contributed by atoms with Crippen molar-refractivity contribution in [2.24, 2.45) is 14.1 Å². The Hall–Kier alpha value is -2.89. The Morgan fingerprint density at radius 2 is 1.88 bits per heavy atom. The third-order valence-corrected chi connectivity index (χ3v) is 4.09. The fourth-order valence-corrected chi connectivity index (χ4v) is 2.72. The van der Waals surface area contributed by atoms with E-state index in [-0.39, 0.29) is 12.3 Å². The first-order chi connectivity index (χ1) is 11.5. The highest BCUT2D eigenvalue weighted by molar-refractivity contribution is 5.95. The van der Waals surface area contributed by atoms with E-state index in [2.05, 4.69) is 15.4 Å². The number of carbonyl (C=O) groups is 1. The Morgan fingerprint density at radius 3 is 2.50 bits per heavy atom. The van der Waals surface area contributed by atoms with Crippen LogP contribution >= 0.6 is 0 Å². The minimum atomic E-state index is -0.0775. The van der Waals surface area contributed by atoms with Gasteiger partial charge in [-0.3, -0.25) is 9.48 Å². The minimum absolute atomic E-state index is 0.0775. The largest absolute Gasteiger partial charge is 0.318 e. The Kier molecular flexibility index (Phi) is 4.20. The summed E-state index contributed by atoms with van der Waals surface area (Å²) in [6.07, 6.45) is 2.17. The van der Waals surface area contributed by atoms with Crippen LogP contribution in [0, 0.1) is 13.8 Å². The van der Waals surface area contributed by atoms with Gasteiger partial charge >= 0.3 is 0 Å². The van der Waals surface area contributed by atoms with Gasteiger partial charge in [0, 0.05) is 31.4 Å². The van der Waals surface area contributed by atoms with Crippen LogP contribution in [0.15, 0.2) is 36.5 Å². The molecule has 0 atom stereocenters. The Bertz CT molecular complexity index is 876. The van der Waals surface area contributed by atoms with Crippen LogP contribution in [0.25, 0.3) is 11.3 Å². The summed E-state index contributed by atoms with van der Waals surface area (Å²) in [6, 6.07) is 9.86. The van der Waals surface area contributed by atoms with Crippen LogP contribution in [0.4, 0.5) is 5.82 Å². The summed E-state index contributed by atoms with van der Waals surface area (Å²) in [5.74, 6) is 1.48. The molecule has 24 heavy (non-hydrogen) atoms. The first-order valence-corrected chi connectivity index (χ1v) is 7.83. The summed E-state index contributed by atoms with van der Waals surface area (Å²) in [5.41, 5.74) is 3.56. The second-order valence-corrected chi connectivity index (χ2v) is 5.92. The maximum atomic E-state index is 12.5. The normalized spacial score (nSPS) is 10.8. The molecular weight excluding hydrogens is 302 g/mol.